The number of sulfonamides is 1. The number of benzene rings is 1. The Balaban J connectivity index is 2.42. The highest BCUT2D eigenvalue weighted by Crippen LogP contribution is 2.36. The van der Waals surface area contributed by atoms with Crippen LogP contribution in [0, 0.1) is 17.2 Å². The predicted octanol–water partition coefficient (Wildman–Crippen LogP) is 1.56. The maximum Gasteiger partial charge on any atom is 0.244 e. The molecule has 0 saturated heterocycles. The minimum absolute atomic E-state index is 0.0270. The molecule has 0 radical (unpaired) electrons. The maximum absolute atomic E-state index is 12.5. The van der Waals surface area contributed by atoms with Gasteiger partial charge in [-0.1, -0.05) is 0 Å². The van der Waals surface area contributed by atoms with Crippen LogP contribution >= 0.6 is 0 Å². The summed E-state index contributed by atoms with van der Waals surface area (Å²) in [4.78, 5) is 0.0270. The molecule has 6 heteroatoms. The highest BCUT2D eigenvalue weighted by atomic mass is 32.2. The summed E-state index contributed by atoms with van der Waals surface area (Å²) in [6, 6.07) is 6.15. The molecular formula is C13H17N3O2S. The Hall–Kier alpha value is -1.58. The van der Waals surface area contributed by atoms with Crippen LogP contribution in [0.5, 0.6) is 0 Å². The van der Waals surface area contributed by atoms with E-state index in [4.69, 9.17) is 11.0 Å². The lowest BCUT2D eigenvalue weighted by Gasteiger charge is -2.24. The van der Waals surface area contributed by atoms with E-state index in [1.165, 1.54) is 22.5 Å². The second-order valence-corrected chi connectivity index (χ2v) is 6.93. The van der Waals surface area contributed by atoms with Gasteiger partial charge in [-0.3, -0.25) is 0 Å². The van der Waals surface area contributed by atoms with E-state index in [2.05, 4.69) is 0 Å². The molecular weight excluding hydrogens is 262 g/mol. The molecule has 1 aliphatic carbocycles. The second-order valence-electron chi connectivity index (χ2n) is 4.97. The lowest BCUT2D eigenvalue weighted by molar-refractivity contribution is 0.357. The van der Waals surface area contributed by atoms with Crippen molar-refractivity contribution in [2.45, 2.75) is 30.7 Å². The van der Waals surface area contributed by atoms with E-state index in [9.17, 15) is 8.42 Å². The summed E-state index contributed by atoms with van der Waals surface area (Å²) in [5.41, 5.74) is 6.06. The van der Waals surface area contributed by atoms with Crippen LogP contribution in [0.25, 0.3) is 0 Å². The van der Waals surface area contributed by atoms with E-state index in [1.807, 2.05) is 13.0 Å². The average Bonchev–Trinajstić information content (AvgIpc) is 3.20. The van der Waals surface area contributed by atoms with Crippen LogP contribution in [0.3, 0.4) is 0 Å². The van der Waals surface area contributed by atoms with Crippen molar-refractivity contribution in [1.29, 1.82) is 5.26 Å². The SMILES string of the molecule is CC(C1CC1)N(C)S(=O)(=O)c1ccc(N)cc1C#N. The Morgan fingerprint density at radius 2 is 2.11 bits per heavy atom. The van der Waals surface area contributed by atoms with Crippen molar-refractivity contribution >= 4 is 15.7 Å². The molecule has 0 amide bonds. The molecule has 2 rings (SSSR count). The third-order valence-electron chi connectivity index (χ3n) is 3.66. The fourth-order valence-electron chi connectivity index (χ4n) is 2.11. The van der Waals surface area contributed by atoms with Crippen LogP contribution in [0.2, 0.25) is 0 Å². The standard InChI is InChI=1S/C13H17N3O2S/c1-9(10-3-4-10)16(2)19(17,18)13-6-5-12(15)7-11(13)8-14/h5-7,9-10H,3-4,15H2,1-2H3. The molecule has 1 atom stereocenters. The molecule has 1 aromatic carbocycles. The van der Waals surface area contributed by atoms with Crippen LogP contribution in [-0.2, 0) is 10.0 Å². The summed E-state index contributed by atoms with van der Waals surface area (Å²) < 4.78 is 26.4. The molecule has 0 spiro atoms. The minimum atomic E-state index is -3.65. The van der Waals surface area contributed by atoms with Crippen molar-refractivity contribution in [3.8, 4) is 6.07 Å². The summed E-state index contributed by atoms with van der Waals surface area (Å²) in [6.07, 6.45) is 2.13. The lowest BCUT2D eigenvalue weighted by Crippen LogP contribution is -2.36. The van der Waals surface area contributed by atoms with Crippen LogP contribution in [0.15, 0.2) is 23.1 Å². The van der Waals surface area contributed by atoms with Crippen molar-refractivity contribution < 1.29 is 8.42 Å². The summed E-state index contributed by atoms with van der Waals surface area (Å²) in [5, 5.41) is 9.06. The number of hydrogen-bond donors (Lipinski definition) is 1. The molecule has 19 heavy (non-hydrogen) atoms. The number of nitrogens with zero attached hydrogens (tertiary/aromatic N) is 2. The number of nitrogens with two attached hydrogens (primary N) is 1. The quantitative estimate of drug-likeness (QED) is 0.847. The van der Waals surface area contributed by atoms with Crippen LogP contribution in [-0.4, -0.2) is 25.8 Å². The van der Waals surface area contributed by atoms with E-state index in [-0.39, 0.29) is 16.5 Å². The fourth-order valence-corrected chi connectivity index (χ4v) is 3.65. The van der Waals surface area contributed by atoms with Crippen LogP contribution in [0.4, 0.5) is 5.69 Å². The largest absolute Gasteiger partial charge is 0.399 e. The molecule has 0 heterocycles. The molecule has 1 aliphatic rings. The van der Waals surface area contributed by atoms with Crippen molar-refractivity contribution in [2.24, 2.45) is 5.92 Å². The Morgan fingerprint density at radius 1 is 1.47 bits per heavy atom. The van der Waals surface area contributed by atoms with Gasteiger partial charge in [-0.25, -0.2) is 8.42 Å². The third kappa shape index (κ3) is 2.57. The van der Waals surface area contributed by atoms with Gasteiger partial charge >= 0.3 is 0 Å². The first-order valence-corrected chi connectivity index (χ1v) is 7.59. The summed E-state index contributed by atoms with van der Waals surface area (Å²) in [5.74, 6) is 0.430. The van der Waals surface area contributed by atoms with Gasteiger partial charge < -0.3 is 5.73 Å². The van der Waals surface area contributed by atoms with Gasteiger partial charge in [-0.05, 0) is 43.9 Å². The highest BCUT2D eigenvalue weighted by Gasteiger charge is 2.36. The number of rotatable bonds is 4. The normalized spacial score (nSPS) is 17.2. The molecule has 1 saturated carbocycles. The number of hydrogen-bond acceptors (Lipinski definition) is 4. The van der Waals surface area contributed by atoms with Gasteiger partial charge in [0.15, 0.2) is 0 Å². The van der Waals surface area contributed by atoms with Crippen molar-refractivity contribution in [1.82, 2.24) is 4.31 Å². The Kier molecular flexibility index (Phi) is 3.52. The smallest absolute Gasteiger partial charge is 0.244 e. The molecule has 102 valence electrons. The maximum atomic E-state index is 12.5. The first-order chi connectivity index (χ1) is 8.87. The number of nitrogen functional groups attached to an aromatic ring is 1. The van der Waals surface area contributed by atoms with Crippen molar-refractivity contribution in [3.63, 3.8) is 0 Å². The Labute approximate surface area is 113 Å². The topological polar surface area (TPSA) is 87.2 Å². The monoisotopic (exact) mass is 279 g/mol. The molecule has 1 aromatic rings. The van der Waals surface area contributed by atoms with E-state index in [0.29, 0.717) is 11.6 Å². The lowest BCUT2D eigenvalue weighted by atomic mass is 10.2. The fraction of sp³-hybridized carbons (Fsp3) is 0.462. The number of anilines is 1. The zero-order valence-corrected chi connectivity index (χ0v) is 11.8. The predicted molar refractivity (Wildman–Crippen MR) is 72.7 cm³/mol. The van der Waals surface area contributed by atoms with Gasteiger partial charge in [-0.2, -0.15) is 9.57 Å². The van der Waals surface area contributed by atoms with Gasteiger partial charge in [0.05, 0.1) is 5.56 Å². The van der Waals surface area contributed by atoms with Gasteiger partial charge in [0, 0.05) is 18.8 Å². The van der Waals surface area contributed by atoms with Crippen LogP contribution in [0.1, 0.15) is 25.3 Å². The first-order valence-electron chi connectivity index (χ1n) is 6.15. The van der Waals surface area contributed by atoms with Crippen molar-refractivity contribution in [3.05, 3.63) is 23.8 Å². The minimum Gasteiger partial charge on any atom is -0.399 e. The molecule has 5 nitrogen and oxygen atoms in total. The zero-order chi connectivity index (χ0) is 14.2. The highest BCUT2D eigenvalue weighted by molar-refractivity contribution is 7.89. The molecule has 0 aliphatic heterocycles. The van der Waals surface area contributed by atoms with E-state index < -0.39 is 10.0 Å². The second kappa shape index (κ2) is 4.83. The molecule has 0 bridgehead atoms. The van der Waals surface area contributed by atoms with Gasteiger partial charge in [0.25, 0.3) is 0 Å². The zero-order valence-electron chi connectivity index (χ0n) is 11.0. The molecule has 2 N–H and O–H groups in total. The van der Waals surface area contributed by atoms with Crippen LogP contribution < -0.4 is 5.73 Å². The summed E-state index contributed by atoms with van der Waals surface area (Å²) in [7, 11) is -2.08. The molecule has 0 aromatic heterocycles. The van der Waals surface area contributed by atoms with Crippen molar-refractivity contribution in [2.75, 3.05) is 12.8 Å². The van der Waals surface area contributed by atoms with E-state index >= 15 is 0 Å². The van der Waals surface area contributed by atoms with Gasteiger partial charge in [0.2, 0.25) is 10.0 Å². The van der Waals surface area contributed by atoms with E-state index in [0.717, 1.165) is 12.8 Å². The number of nitriles is 1. The average molecular weight is 279 g/mol. The Morgan fingerprint density at radius 3 is 2.63 bits per heavy atom. The van der Waals surface area contributed by atoms with E-state index in [1.54, 1.807) is 7.05 Å². The molecule has 1 fully saturated rings. The summed E-state index contributed by atoms with van der Waals surface area (Å²) in [6.45, 7) is 1.90. The summed E-state index contributed by atoms with van der Waals surface area (Å²) >= 11 is 0. The Bertz CT molecular complexity index is 630. The first kappa shape index (κ1) is 13.8. The van der Waals surface area contributed by atoms with Gasteiger partial charge in [0.1, 0.15) is 11.0 Å². The molecule has 1 unspecified atom stereocenters. The van der Waals surface area contributed by atoms with Gasteiger partial charge in [-0.15, -0.1) is 0 Å². The third-order valence-corrected chi connectivity index (χ3v) is 5.66.